The van der Waals surface area contributed by atoms with E-state index in [1.165, 1.54) is 97.4 Å². The molecule has 0 saturated heterocycles. The first-order valence-electron chi connectivity index (χ1n) is 24.8. The lowest BCUT2D eigenvalue weighted by Gasteiger charge is -2.45. The zero-order chi connectivity index (χ0) is 47.1. The average Bonchev–Trinajstić information content (AvgIpc) is 4.01. The molecule has 0 aliphatic carbocycles. The first-order chi connectivity index (χ1) is 35.7. The van der Waals surface area contributed by atoms with Crippen molar-refractivity contribution in [3.63, 3.8) is 0 Å². The molecular weight excluding hydrogens is 891 g/mol. The van der Waals surface area contributed by atoms with Crippen LogP contribution in [-0.4, -0.2) is 17.6 Å². The van der Waals surface area contributed by atoms with E-state index in [0.29, 0.717) is 0 Å². The first-order valence-corrected chi connectivity index (χ1v) is 26.8. The molecular formula is C67H41N3OSi. The topological polar surface area (TPSA) is 34.2 Å². The van der Waals surface area contributed by atoms with Crippen molar-refractivity contribution in [1.29, 1.82) is 0 Å². The molecule has 4 heterocycles. The smallest absolute Gasteiger partial charge is 0.184 e. The number of aromatic nitrogens is 2. The van der Waals surface area contributed by atoms with Gasteiger partial charge in [0.25, 0.3) is 0 Å². The van der Waals surface area contributed by atoms with Crippen LogP contribution >= 0.6 is 0 Å². The van der Waals surface area contributed by atoms with Gasteiger partial charge in [-0.3, -0.25) is 4.90 Å². The highest BCUT2D eigenvalue weighted by atomic mass is 28.3. The number of anilines is 3. The number of fused-ring (bicyclic) bond motifs is 11. The molecule has 3 aromatic heterocycles. The molecule has 0 saturated carbocycles. The van der Waals surface area contributed by atoms with Crippen molar-refractivity contribution in [2.45, 2.75) is 0 Å². The van der Waals surface area contributed by atoms with Gasteiger partial charge in [0, 0.05) is 66.0 Å². The van der Waals surface area contributed by atoms with E-state index < -0.39 is 8.07 Å². The minimum absolute atomic E-state index is 0.916. The maximum absolute atomic E-state index is 6.67. The second-order valence-corrected chi connectivity index (χ2v) is 23.1. The maximum atomic E-state index is 6.67. The van der Waals surface area contributed by atoms with E-state index in [2.05, 4.69) is 252 Å². The van der Waals surface area contributed by atoms with Crippen molar-refractivity contribution in [2.75, 3.05) is 4.90 Å². The summed E-state index contributed by atoms with van der Waals surface area (Å²) in [5, 5.41) is 19.7. The highest BCUT2D eigenvalue weighted by Gasteiger charge is 2.49. The lowest BCUT2D eigenvalue weighted by molar-refractivity contribution is 0.673. The fourth-order valence-corrected chi connectivity index (χ4v) is 18.0. The summed E-state index contributed by atoms with van der Waals surface area (Å²) in [7, 11) is -2.99. The van der Waals surface area contributed by atoms with Gasteiger partial charge in [-0.05, 0) is 96.6 Å². The van der Waals surface area contributed by atoms with E-state index in [4.69, 9.17) is 9.40 Å². The van der Waals surface area contributed by atoms with Gasteiger partial charge >= 0.3 is 0 Å². The van der Waals surface area contributed by atoms with E-state index in [1.54, 1.807) is 0 Å². The Morgan fingerprint density at radius 2 is 0.986 bits per heavy atom. The van der Waals surface area contributed by atoms with Crippen LogP contribution in [-0.2, 0) is 0 Å². The second kappa shape index (κ2) is 14.9. The summed E-state index contributed by atoms with van der Waals surface area (Å²) in [6, 6.07) is 90.0. The Labute approximate surface area is 415 Å². The number of pyridine rings is 1. The Kier molecular flexibility index (Phi) is 8.16. The van der Waals surface area contributed by atoms with Crippen molar-refractivity contribution in [3.05, 3.63) is 249 Å². The third kappa shape index (κ3) is 5.27. The number of rotatable bonds is 5. The van der Waals surface area contributed by atoms with Crippen LogP contribution < -0.4 is 25.6 Å². The van der Waals surface area contributed by atoms with Gasteiger partial charge in [0.2, 0.25) is 0 Å². The molecule has 4 nitrogen and oxygen atoms in total. The van der Waals surface area contributed by atoms with E-state index in [1.807, 2.05) is 6.20 Å². The Bertz CT molecular complexity index is 4660. The van der Waals surface area contributed by atoms with E-state index in [9.17, 15) is 0 Å². The third-order valence-electron chi connectivity index (χ3n) is 15.8. The van der Waals surface area contributed by atoms with Gasteiger partial charge < -0.3 is 8.98 Å². The van der Waals surface area contributed by atoms with Gasteiger partial charge in [-0.2, -0.15) is 0 Å². The van der Waals surface area contributed by atoms with Crippen molar-refractivity contribution >= 4 is 133 Å². The van der Waals surface area contributed by atoms with Crippen LogP contribution in [0.1, 0.15) is 0 Å². The highest BCUT2D eigenvalue weighted by Crippen LogP contribution is 2.48. The molecule has 0 fully saturated rings. The van der Waals surface area contributed by atoms with Gasteiger partial charge in [-0.15, -0.1) is 0 Å². The molecule has 0 unspecified atom stereocenters. The zero-order valence-corrected chi connectivity index (χ0v) is 39.9. The van der Waals surface area contributed by atoms with E-state index in [0.717, 1.165) is 44.2 Å². The van der Waals surface area contributed by atoms with Crippen LogP contribution in [0.15, 0.2) is 253 Å². The van der Waals surface area contributed by atoms with Crippen LogP contribution in [0.25, 0.3) is 104 Å². The molecule has 0 N–H and O–H groups in total. The molecule has 16 rings (SSSR count). The van der Waals surface area contributed by atoms with Gasteiger partial charge in [0.15, 0.2) is 8.07 Å². The molecule has 1 aliphatic rings. The summed E-state index contributed by atoms with van der Waals surface area (Å²) >= 11 is 0. The lowest BCUT2D eigenvalue weighted by Crippen LogP contribution is -2.77. The van der Waals surface area contributed by atoms with Crippen molar-refractivity contribution < 1.29 is 4.42 Å². The van der Waals surface area contributed by atoms with Crippen LogP contribution in [0.4, 0.5) is 17.2 Å². The molecule has 1 aliphatic heterocycles. The van der Waals surface area contributed by atoms with E-state index in [-0.39, 0.29) is 0 Å². The Hall–Kier alpha value is -9.29. The van der Waals surface area contributed by atoms with Gasteiger partial charge in [-0.1, -0.05) is 194 Å². The summed E-state index contributed by atoms with van der Waals surface area (Å²) < 4.78 is 9.17. The number of nitrogens with zero attached hydrogens (tertiary/aromatic N) is 3. The third-order valence-corrected chi connectivity index (χ3v) is 20.6. The predicted octanol–water partition coefficient (Wildman–Crippen LogP) is 15.0. The first kappa shape index (κ1) is 39.5. The maximum Gasteiger partial charge on any atom is 0.184 e. The van der Waals surface area contributed by atoms with Gasteiger partial charge in [-0.25, -0.2) is 4.98 Å². The number of furan rings is 1. The SMILES string of the molecule is c1ccc([Si]2(c3ccccc3)c3ccccc3N(c3nccc4ccccc34)c3ccc(-c4ccc5c(c4)c4ccccc4n5-c4cc5cccc6c7oc8ccccc8c7c7cccc4c7c56)cc32)cc1. The monoisotopic (exact) mass is 931 g/mol. The minimum atomic E-state index is -2.99. The highest BCUT2D eigenvalue weighted by molar-refractivity contribution is 7.21. The lowest BCUT2D eigenvalue weighted by atomic mass is 9.90. The second-order valence-electron chi connectivity index (χ2n) is 19.3. The molecule has 72 heavy (non-hydrogen) atoms. The molecule has 15 aromatic rings. The Balaban J connectivity index is 0.956. The summed E-state index contributed by atoms with van der Waals surface area (Å²) in [6.45, 7) is 0. The van der Waals surface area contributed by atoms with Crippen LogP contribution in [0.3, 0.4) is 0 Å². The largest absolute Gasteiger partial charge is 0.455 e. The normalized spacial score (nSPS) is 13.4. The summed E-state index contributed by atoms with van der Waals surface area (Å²) in [5.74, 6) is 0.932. The zero-order valence-electron chi connectivity index (χ0n) is 38.9. The van der Waals surface area contributed by atoms with Crippen molar-refractivity contribution in [1.82, 2.24) is 9.55 Å². The molecule has 0 atom stereocenters. The quantitative estimate of drug-likeness (QED) is 0.127. The Morgan fingerprint density at radius 3 is 1.85 bits per heavy atom. The number of para-hydroxylation sites is 3. The molecule has 0 radical (unpaired) electrons. The summed E-state index contributed by atoms with van der Waals surface area (Å²) in [6.07, 6.45) is 1.95. The van der Waals surface area contributed by atoms with Gasteiger partial charge in [0.1, 0.15) is 17.0 Å². The number of benzene rings is 12. The molecule has 0 spiro atoms. The molecule has 334 valence electrons. The van der Waals surface area contributed by atoms with Crippen molar-refractivity contribution in [3.8, 4) is 16.8 Å². The fraction of sp³-hybridized carbons (Fsp3) is 0. The van der Waals surface area contributed by atoms with Crippen molar-refractivity contribution in [2.24, 2.45) is 0 Å². The summed E-state index contributed by atoms with van der Waals surface area (Å²) in [5.41, 5.74) is 10.1. The minimum Gasteiger partial charge on any atom is -0.455 e. The Morgan fingerprint density at radius 1 is 0.361 bits per heavy atom. The van der Waals surface area contributed by atoms with Crippen LogP contribution in [0.5, 0.6) is 0 Å². The molecule has 0 bridgehead atoms. The number of hydrogen-bond donors (Lipinski definition) is 0. The number of hydrogen-bond acceptors (Lipinski definition) is 3. The molecule has 5 heteroatoms. The van der Waals surface area contributed by atoms with Crippen LogP contribution in [0.2, 0.25) is 0 Å². The summed E-state index contributed by atoms with van der Waals surface area (Å²) in [4.78, 5) is 7.63. The standard InChI is InChI=1S/C67H41N3OSi/c1-3-19-46(20-4-1)72(47-21-5-2-6-22-47)61-32-14-12-30-57(61)70(67-48-23-8-7-17-42(48)37-38-68-67)58-36-34-44(41-62(58)72)43-33-35-56-54(39-43)49-24-9-11-29-55(49)69(56)59-40-45-18-15-28-53-63(45)64-50(59)26-16-27-52(64)65-51-25-10-13-31-60(51)71-66(53)65/h1-41H. The molecule has 12 aromatic carbocycles. The predicted molar refractivity (Wildman–Crippen MR) is 304 cm³/mol. The van der Waals surface area contributed by atoms with E-state index >= 15 is 0 Å². The fourth-order valence-electron chi connectivity index (χ4n) is 12.9. The average molecular weight is 932 g/mol. The molecule has 0 amide bonds. The van der Waals surface area contributed by atoms with Gasteiger partial charge in [0.05, 0.1) is 16.7 Å². The van der Waals surface area contributed by atoms with Crippen LogP contribution in [0, 0.1) is 0 Å².